The minimum absolute atomic E-state index is 0.0694. The van der Waals surface area contributed by atoms with Crippen molar-refractivity contribution in [1.29, 1.82) is 0 Å². The molecule has 0 spiro atoms. The third-order valence-electron chi connectivity index (χ3n) is 3.48. The molecule has 0 heterocycles. The quantitative estimate of drug-likeness (QED) is 0.365. The summed E-state index contributed by atoms with van der Waals surface area (Å²) < 4.78 is 5.62. The molecule has 0 aromatic heterocycles. The Hall–Kier alpha value is -0.650. The van der Waals surface area contributed by atoms with Gasteiger partial charge in [-0.15, -0.1) is 0 Å². The molecule has 146 valence electrons. The number of ether oxygens (including phenoxy) is 1. The number of unbranched alkanes of at least 4 members (excludes halogenated alkanes) is 9. The van der Waals surface area contributed by atoms with Crippen molar-refractivity contribution in [3.8, 4) is 0 Å². The Morgan fingerprint density at radius 2 is 1.33 bits per heavy atom. The zero-order valence-corrected chi connectivity index (χ0v) is 16.5. The van der Waals surface area contributed by atoms with Crippen LogP contribution in [0.3, 0.4) is 0 Å². The Morgan fingerprint density at radius 1 is 0.875 bits per heavy atom. The molecule has 0 rings (SSSR count). The van der Waals surface area contributed by atoms with Crippen LogP contribution in [-0.4, -0.2) is 63.1 Å². The summed E-state index contributed by atoms with van der Waals surface area (Å²) in [7, 11) is 5.40. The number of carbonyl (C=O) groups is 1. The molecule has 0 unspecified atom stereocenters. The second-order valence-corrected chi connectivity index (χ2v) is 7.34. The summed E-state index contributed by atoms with van der Waals surface area (Å²) in [4.78, 5) is 9.89. The van der Waals surface area contributed by atoms with Gasteiger partial charge in [0.05, 0.1) is 40.3 Å². The predicted octanol–water partition coefficient (Wildman–Crippen LogP) is 2.36. The lowest BCUT2D eigenvalue weighted by Crippen LogP contribution is -2.45. The van der Waals surface area contributed by atoms with Crippen molar-refractivity contribution in [2.45, 2.75) is 71.1 Å². The summed E-state index contributed by atoms with van der Waals surface area (Å²) in [6.07, 6.45) is 13.6. The van der Waals surface area contributed by atoms with E-state index in [-0.39, 0.29) is 13.2 Å². The van der Waals surface area contributed by atoms with Gasteiger partial charge in [0, 0.05) is 6.61 Å². The number of hydrogen-bond acceptors (Lipinski definition) is 4. The highest BCUT2D eigenvalue weighted by molar-refractivity contribution is 5.65. The molecule has 0 aliphatic carbocycles. The fourth-order valence-electron chi connectivity index (χ4n) is 2.25. The maximum Gasteiger partial charge on any atom is 0.118 e. The Balaban J connectivity index is 0. The number of aliphatic hydroxyl groups excluding tert-OH is 1. The molecule has 0 aromatic rings. The van der Waals surface area contributed by atoms with Gasteiger partial charge in [0.15, 0.2) is 0 Å². The summed E-state index contributed by atoms with van der Waals surface area (Å²) in [5, 5.41) is 18.4. The van der Waals surface area contributed by atoms with Crippen molar-refractivity contribution in [3.05, 3.63) is 0 Å². The molecule has 1 N–H and O–H groups in total. The first-order chi connectivity index (χ1) is 11.3. The van der Waals surface area contributed by atoms with Crippen LogP contribution in [0, 0.1) is 0 Å². The van der Waals surface area contributed by atoms with Crippen LogP contribution in [0.2, 0.25) is 0 Å². The van der Waals surface area contributed by atoms with E-state index < -0.39 is 5.97 Å². The van der Waals surface area contributed by atoms with Crippen LogP contribution < -0.4 is 5.11 Å². The van der Waals surface area contributed by atoms with Crippen LogP contribution in [0.15, 0.2) is 0 Å². The fraction of sp³-hybridized carbons (Fsp3) is 0.947. The Labute approximate surface area is 149 Å². The van der Waals surface area contributed by atoms with E-state index in [1.165, 1.54) is 57.8 Å². The number of carboxylic acid groups (broad SMARTS) is 1. The van der Waals surface area contributed by atoms with Gasteiger partial charge in [0.1, 0.15) is 6.54 Å². The summed E-state index contributed by atoms with van der Waals surface area (Å²) in [5.74, 6) is -1.00. The normalized spacial score (nSPS) is 11.0. The molecule has 24 heavy (non-hydrogen) atoms. The van der Waals surface area contributed by atoms with Crippen molar-refractivity contribution < 1.29 is 24.2 Å². The molecule has 0 fully saturated rings. The van der Waals surface area contributed by atoms with Crippen molar-refractivity contribution in [2.24, 2.45) is 0 Å². The molecule has 0 saturated carbocycles. The lowest BCUT2D eigenvalue weighted by molar-refractivity contribution is -0.864. The molecule has 0 amide bonds. The highest BCUT2D eigenvalue weighted by Gasteiger charge is 2.04. The van der Waals surface area contributed by atoms with Gasteiger partial charge in [-0.25, -0.2) is 0 Å². The Morgan fingerprint density at radius 3 is 1.67 bits per heavy atom. The average molecular weight is 348 g/mol. The van der Waals surface area contributed by atoms with Crippen LogP contribution >= 0.6 is 0 Å². The van der Waals surface area contributed by atoms with Gasteiger partial charge in [0.25, 0.3) is 0 Å². The van der Waals surface area contributed by atoms with Gasteiger partial charge in [0.2, 0.25) is 0 Å². The minimum Gasteiger partial charge on any atom is -0.544 e. The maximum absolute atomic E-state index is 9.89. The number of carboxylic acids is 1. The Kier molecular flexibility index (Phi) is 19.9. The smallest absolute Gasteiger partial charge is 0.118 e. The van der Waals surface area contributed by atoms with E-state index in [1.807, 2.05) is 0 Å². The third-order valence-corrected chi connectivity index (χ3v) is 3.48. The lowest BCUT2D eigenvalue weighted by atomic mass is 10.1. The molecule has 5 heteroatoms. The number of aliphatic carboxylic acids is 1. The standard InChI is InChI=1S/C14H30O2.C5H11NO2/c1-2-3-4-5-6-7-8-9-10-11-13-16-14-12-15;1-6(2,3)4-5(7)8/h15H,2-14H2,1H3;4H2,1-3H3. The first-order valence-corrected chi connectivity index (χ1v) is 9.52. The SMILES string of the molecule is CCCCCCCCCCCCOCCO.C[N+](C)(C)CC(=O)[O-]. The number of quaternary nitrogens is 1. The van der Waals surface area contributed by atoms with Gasteiger partial charge < -0.3 is 24.2 Å². The van der Waals surface area contributed by atoms with E-state index in [1.54, 1.807) is 21.1 Å². The fourth-order valence-corrected chi connectivity index (χ4v) is 2.25. The third kappa shape index (κ3) is 29.4. The predicted molar refractivity (Wildman–Crippen MR) is 97.7 cm³/mol. The molecule has 0 aliphatic rings. The summed E-state index contributed by atoms with van der Waals surface area (Å²) >= 11 is 0. The number of rotatable bonds is 15. The van der Waals surface area contributed by atoms with Crippen LogP contribution in [0.5, 0.6) is 0 Å². The van der Waals surface area contributed by atoms with E-state index in [0.717, 1.165) is 13.0 Å². The van der Waals surface area contributed by atoms with Crippen LogP contribution in [-0.2, 0) is 9.53 Å². The van der Waals surface area contributed by atoms with Gasteiger partial charge in [-0.3, -0.25) is 0 Å². The molecule has 5 nitrogen and oxygen atoms in total. The number of likely N-dealkylation sites (N-methyl/N-ethyl adjacent to an activating group) is 1. The van der Waals surface area contributed by atoms with Gasteiger partial charge >= 0.3 is 0 Å². The highest BCUT2D eigenvalue weighted by Crippen LogP contribution is 2.10. The van der Waals surface area contributed by atoms with Crippen molar-refractivity contribution in [1.82, 2.24) is 0 Å². The van der Waals surface area contributed by atoms with Crippen molar-refractivity contribution >= 4 is 5.97 Å². The minimum atomic E-state index is -1.00. The average Bonchev–Trinajstić information content (AvgIpc) is 2.46. The van der Waals surface area contributed by atoms with Gasteiger partial charge in [-0.1, -0.05) is 64.7 Å². The second-order valence-electron chi connectivity index (χ2n) is 7.34. The molecule has 0 aromatic carbocycles. The number of nitrogens with zero attached hydrogens (tertiary/aromatic N) is 1. The molecular formula is C19H41NO4. The van der Waals surface area contributed by atoms with Crippen LogP contribution in [0.4, 0.5) is 0 Å². The Bertz CT molecular complexity index is 251. The first kappa shape index (κ1) is 25.6. The number of carbonyl (C=O) groups excluding carboxylic acids is 1. The molecule has 0 atom stereocenters. The maximum atomic E-state index is 9.89. The molecule has 0 saturated heterocycles. The van der Waals surface area contributed by atoms with E-state index >= 15 is 0 Å². The summed E-state index contributed by atoms with van der Waals surface area (Å²) in [5.41, 5.74) is 0. The van der Waals surface area contributed by atoms with E-state index in [2.05, 4.69) is 6.92 Å². The van der Waals surface area contributed by atoms with Gasteiger partial charge in [-0.05, 0) is 6.42 Å². The molecular weight excluding hydrogens is 306 g/mol. The monoisotopic (exact) mass is 347 g/mol. The second kappa shape index (κ2) is 18.7. The van der Waals surface area contributed by atoms with E-state index in [9.17, 15) is 9.90 Å². The van der Waals surface area contributed by atoms with Crippen LogP contribution in [0.25, 0.3) is 0 Å². The van der Waals surface area contributed by atoms with Crippen LogP contribution in [0.1, 0.15) is 71.1 Å². The largest absolute Gasteiger partial charge is 0.544 e. The molecule has 0 radical (unpaired) electrons. The first-order valence-electron chi connectivity index (χ1n) is 9.52. The lowest BCUT2D eigenvalue weighted by Gasteiger charge is -2.23. The molecule has 0 bridgehead atoms. The zero-order valence-electron chi connectivity index (χ0n) is 16.5. The number of hydrogen-bond donors (Lipinski definition) is 1. The van der Waals surface area contributed by atoms with E-state index in [4.69, 9.17) is 9.84 Å². The highest BCUT2D eigenvalue weighted by atomic mass is 16.5. The van der Waals surface area contributed by atoms with Crippen molar-refractivity contribution in [3.63, 3.8) is 0 Å². The summed E-state index contributed by atoms with van der Waals surface area (Å²) in [6, 6.07) is 0. The van der Waals surface area contributed by atoms with Gasteiger partial charge in [-0.2, -0.15) is 0 Å². The summed E-state index contributed by atoms with van der Waals surface area (Å²) in [6.45, 7) is 3.80. The molecule has 0 aliphatic heterocycles. The van der Waals surface area contributed by atoms with Crippen molar-refractivity contribution in [2.75, 3.05) is 47.5 Å². The number of aliphatic hydroxyl groups is 1. The zero-order chi connectivity index (χ0) is 18.7. The van der Waals surface area contributed by atoms with E-state index in [0.29, 0.717) is 11.1 Å². The topological polar surface area (TPSA) is 69.6 Å².